The van der Waals surface area contributed by atoms with Gasteiger partial charge in [0.1, 0.15) is 11.9 Å². The Morgan fingerprint density at radius 1 is 0.931 bits per heavy atom. The van der Waals surface area contributed by atoms with Gasteiger partial charge in [-0.1, -0.05) is 63.1 Å². The van der Waals surface area contributed by atoms with Gasteiger partial charge in [0.2, 0.25) is 0 Å². The molecule has 162 valence electrons. The molecule has 0 aromatic heterocycles. The topological polar surface area (TPSA) is 55.4 Å². The molecular weight excluding hydrogens is 362 g/mol. The molecule has 1 heterocycles. The van der Waals surface area contributed by atoms with Crippen LogP contribution in [0.3, 0.4) is 0 Å². The number of carbonyl (C=O) groups excluding carboxylic acids is 2. The highest BCUT2D eigenvalue weighted by Crippen LogP contribution is 2.22. The molecule has 1 fully saturated rings. The predicted octanol–water partition coefficient (Wildman–Crippen LogP) is 5.84. The van der Waals surface area contributed by atoms with Gasteiger partial charge in [-0.25, -0.2) is 4.79 Å². The molecule has 3 atom stereocenters. The third kappa shape index (κ3) is 9.58. The summed E-state index contributed by atoms with van der Waals surface area (Å²) in [5, 5.41) is 3.65. The van der Waals surface area contributed by atoms with Gasteiger partial charge < -0.3 is 14.8 Å². The number of rotatable bonds is 13. The number of esters is 1. The van der Waals surface area contributed by atoms with Crippen LogP contribution in [0, 0.1) is 0 Å². The van der Waals surface area contributed by atoms with Crippen LogP contribution in [0.15, 0.2) is 30.3 Å². The fraction of sp³-hybridized carbons (Fsp3) is 0.680. The van der Waals surface area contributed by atoms with Crippen LogP contribution in [-0.4, -0.2) is 29.9 Å². The summed E-state index contributed by atoms with van der Waals surface area (Å²) < 4.78 is 5.73. The van der Waals surface area contributed by atoms with Crippen LogP contribution in [0.5, 0.6) is 0 Å². The molecule has 4 nitrogen and oxygen atoms in total. The third-order valence-electron chi connectivity index (χ3n) is 5.96. The van der Waals surface area contributed by atoms with Crippen molar-refractivity contribution in [2.45, 2.75) is 109 Å². The van der Waals surface area contributed by atoms with Gasteiger partial charge in [0.05, 0.1) is 5.56 Å². The minimum Gasteiger partial charge on any atom is -0.457 e. The Morgan fingerprint density at radius 2 is 1.55 bits per heavy atom. The largest absolute Gasteiger partial charge is 0.457 e. The number of piperidine rings is 1. The lowest BCUT2D eigenvalue weighted by atomic mass is 9.93. The molecule has 1 aliphatic rings. The van der Waals surface area contributed by atoms with E-state index >= 15 is 0 Å². The summed E-state index contributed by atoms with van der Waals surface area (Å²) in [6, 6.07) is 9.99. The van der Waals surface area contributed by atoms with E-state index in [-0.39, 0.29) is 18.1 Å². The molecular formula is C25H39NO3. The lowest BCUT2D eigenvalue weighted by Crippen LogP contribution is -2.50. The monoisotopic (exact) mass is 401 g/mol. The molecule has 1 N–H and O–H groups in total. The van der Waals surface area contributed by atoms with Crippen LogP contribution in [0.4, 0.5) is 0 Å². The van der Waals surface area contributed by atoms with Gasteiger partial charge in [-0.05, 0) is 51.7 Å². The van der Waals surface area contributed by atoms with Gasteiger partial charge in [-0.3, -0.25) is 0 Å². The quantitative estimate of drug-likeness (QED) is 0.333. The summed E-state index contributed by atoms with van der Waals surface area (Å²) in [4.78, 5) is 23.2. The number of unbranched alkanes of at least 4 members (excludes halogenated alkanes) is 7. The number of ether oxygens (including phenoxy) is 1. The average Bonchev–Trinajstić information content (AvgIpc) is 2.71. The summed E-state index contributed by atoms with van der Waals surface area (Å²) in [6.45, 7) is 3.81. The molecule has 0 saturated carbocycles. The first kappa shape index (κ1) is 23.6. The Morgan fingerprint density at radius 3 is 2.17 bits per heavy atom. The molecule has 0 unspecified atom stereocenters. The normalized spacial score (nSPS) is 21.7. The van der Waals surface area contributed by atoms with E-state index in [9.17, 15) is 9.59 Å². The zero-order valence-corrected chi connectivity index (χ0v) is 18.3. The van der Waals surface area contributed by atoms with E-state index < -0.39 is 0 Å². The van der Waals surface area contributed by atoms with Gasteiger partial charge in [0, 0.05) is 18.5 Å². The second-order valence-corrected chi connectivity index (χ2v) is 8.61. The Balaban J connectivity index is 1.50. The maximum atomic E-state index is 12.3. The molecule has 0 radical (unpaired) electrons. The Hall–Kier alpha value is -1.68. The number of hydrogen-bond acceptors (Lipinski definition) is 4. The van der Waals surface area contributed by atoms with E-state index in [0.717, 1.165) is 25.7 Å². The lowest BCUT2D eigenvalue weighted by Gasteiger charge is -2.35. The van der Waals surface area contributed by atoms with Crippen molar-refractivity contribution < 1.29 is 14.3 Å². The van der Waals surface area contributed by atoms with Crippen molar-refractivity contribution in [1.82, 2.24) is 5.32 Å². The van der Waals surface area contributed by atoms with Crippen LogP contribution < -0.4 is 5.32 Å². The standard InChI is InChI=1S/C25H39NO3/c1-20(27)14-10-7-5-3-4-6-8-13-17-23-18-19-24(21(2)26-23)29-25(28)22-15-11-9-12-16-22/h9,11-12,15-16,21,23-24,26H,3-8,10,13-14,17-19H2,1-2H3/t21-,23+,24-/m1/s1. The van der Waals surface area contributed by atoms with Gasteiger partial charge in [0.15, 0.2) is 0 Å². The van der Waals surface area contributed by atoms with Gasteiger partial charge in [-0.2, -0.15) is 0 Å². The maximum Gasteiger partial charge on any atom is 0.338 e. The van der Waals surface area contributed by atoms with Gasteiger partial charge in [-0.15, -0.1) is 0 Å². The Labute approximate surface area is 176 Å². The minimum atomic E-state index is -0.219. The molecule has 1 aromatic rings. The van der Waals surface area contributed by atoms with E-state index in [2.05, 4.69) is 12.2 Å². The first-order valence-corrected chi connectivity index (χ1v) is 11.6. The molecule has 29 heavy (non-hydrogen) atoms. The average molecular weight is 402 g/mol. The molecule has 2 rings (SSSR count). The first-order chi connectivity index (χ1) is 14.1. The molecule has 0 bridgehead atoms. The zero-order chi connectivity index (χ0) is 20.9. The molecule has 0 aliphatic carbocycles. The van der Waals surface area contributed by atoms with Crippen LogP contribution in [0.2, 0.25) is 0 Å². The Bertz CT molecular complexity index is 601. The fourth-order valence-corrected chi connectivity index (χ4v) is 4.17. The zero-order valence-electron chi connectivity index (χ0n) is 18.3. The number of carbonyl (C=O) groups is 2. The SMILES string of the molecule is CC(=O)CCCCCCCCCC[C@H]1CC[C@@H](OC(=O)c2ccccc2)[C@@H](C)N1. The molecule has 1 aromatic carbocycles. The number of Topliss-reactive ketones (excluding diaryl/α,β-unsaturated/α-hetero) is 1. The number of hydrogen-bond donors (Lipinski definition) is 1. The van der Waals surface area contributed by atoms with Crippen molar-refractivity contribution >= 4 is 11.8 Å². The molecule has 1 saturated heterocycles. The van der Waals surface area contributed by atoms with Crippen LogP contribution >= 0.6 is 0 Å². The summed E-state index contributed by atoms with van der Waals surface area (Å²) in [5.74, 6) is 0.0975. The summed E-state index contributed by atoms with van der Waals surface area (Å²) in [6.07, 6.45) is 13.9. The van der Waals surface area contributed by atoms with Crippen molar-refractivity contribution in [3.63, 3.8) is 0 Å². The molecule has 4 heteroatoms. The predicted molar refractivity (Wildman–Crippen MR) is 118 cm³/mol. The number of nitrogens with one attached hydrogen (secondary N) is 1. The van der Waals surface area contributed by atoms with Gasteiger partial charge in [0.25, 0.3) is 0 Å². The van der Waals surface area contributed by atoms with E-state index in [0.29, 0.717) is 17.4 Å². The second kappa shape index (κ2) is 13.5. The molecule has 1 aliphatic heterocycles. The fourth-order valence-electron chi connectivity index (χ4n) is 4.17. The maximum absolute atomic E-state index is 12.3. The summed E-state index contributed by atoms with van der Waals surface area (Å²) in [7, 11) is 0. The van der Waals surface area contributed by atoms with E-state index in [1.807, 2.05) is 18.2 Å². The van der Waals surface area contributed by atoms with E-state index in [1.54, 1.807) is 19.1 Å². The minimum absolute atomic E-state index is 0.0399. The highest BCUT2D eigenvalue weighted by Gasteiger charge is 2.29. The summed E-state index contributed by atoms with van der Waals surface area (Å²) in [5.41, 5.74) is 0.626. The lowest BCUT2D eigenvalue weighted by molar-refractivity contribution is -0.117. The van der Waals surface area contributed by atoms with E-state index in [1.165, 1.54) is 51.4 Å². The van der Waals surface area contributed by atoms with Crippen molar-refractivity contribution in [2.24, 2.45) is 0 Å². The van der Waals surface area contributed by atoms with Crippen molar-refractivity contribution in [1.29, 1.82) is 0 Å². The van der Waals surface area contributed by atoms with Crippen LogP contribution in [0.25, 0.3) is 0 Å². The van der Waals surface area contributed by atoms with Crippen molar-refractivity contribution in [2.75, 3.05) is 0 Å². The van der Waals surface area contributed by atoms with Crippen molar-refractivity contribution in [3.05, 3.63) is 35.9 Å². The molecule has 0 amide bonds. The molecule has 0 spiro atoms. The second-order valence-electron chi connectivity index (χ2n) is 8.61. The highest BCUT2D eigenvalue weighted by molar-refractivity contribution is 5.89. The van der Waals surface area contributed by atoms with E-state index in [4.69, 9.17) is 4.74 Å². The number of benzene rings is 1. The van der Waals surface area contributed by atoms with Crippen molar-refractivity contribution in [3.8, 4) is 0 Å². The highest BCUT2D eigenvalue weighted by atomic mass is 16.5. The smallest absolute Gasteiger partial charge is 0.338 e. The first-order valence-electron chi connectivity index (χ1n) is 11.6. The van der Waals surface area contributed by atoms with Gasteiger partial charge >= 0.3 is 5.97 Å². The Kier molecular flexibility index (Phi) is 11.0. The van der Waals surface area contributed by atoms with Crippen LogP contribution in [0.1, 0.15) is 101 Å². The summed E-state index contributed by atoms with van der Waals surface area (Å²) >= 11 is 0. The number of ketones is 1. The van der Waals surface area contributed by atoms with Crippen LogP contribution in [-0.2, 0) is 9.53 Å². The third-order valence-corrected chi connectivity index (χ3v) is 5.96.